The maximum Gasteiger partial charge on any atom is 0.266 e. The van der Waals surface area contributed by atoms with E-state index in [1.54, 1.807) is 16.2 Å². The van der Waals surface area contributed by atoms with E-state index in [9.17, 15) is 10.1 Å². The lowest BCUT2D eigenvalue weighted by atomic mass is 10.2. The van der Waals surface area contributed by atoms with Crippen molar-refractivity contribution in [2.24, 2.45) is 0 Å². The molecule has 1 N–H and O–H groups in total. The number of hydrogen-bond donors (Lipinski definition) is 1. The van der Waals surface area contributed by atoms with E-state index in [2.05, 4.69) is 53.5 Å². The molecule has 180 valence electrons. The summed E-state index contributed by atoms with van der Waals surface area (Å²) < 4.78 is 1.17. The highest BCUT2D eigenvalue weighted by Crippen LogP contribution is 2.31. The predicted octanol–water partition coefficient (Wildman–Crippen LogP) is 5.44. The van der Waals surface area contributed by atoms with E-state index in [1.165, 1.54) is 22.0 Å². The van der Waals surface area contributed by atoms with E-state index in [-0.39, 0.29) is 11.5 Å². The van der Waals surface area contributed by atoms with Gasteiger partial charge in [0.2, 0.25) is 0 Å². The molecular formula is C29H27N5OS. The third kappa shape index (κ3) is 5.46. The minimum Gasteiger partial charge on any atom is -0.360 e. The quantitative estimate of drug-likeness (QED) is 0.286. The lowest BCUT2D eigenvalue weighted by molar-refractivity contribution is -0.128. The van der Waals surface area contributed by atoms with E-state index in [0.717, 1.165) is 41.4 Å². The Bertz CT molecular complexity index is 1430. The average molecular weight is 494 g/mol. The number of amides is 1. The van der Waals surface area contributed by atoms with E-state index >= 15 is 0 Å². The lowest BCUT2D eigenvalue weighted by Gasteiger charge is -2.34. The molecule has 0 unspecified atom stereocenters. The smallest absolute Gasteiger partial charge is 0.266 e. The largest absolute Gasteiger partial charge is 0.360 e. The van der Waals surface area contributed by atoms with Gasteiger partial charge >= 0.3 is 0 Å². The van der Waals surface area contributed by atoms with Crippen LogP contribution >= 0.6 is 11.3 Å². The number of piperazine rings is 1. The third-order valence-electron chi connectivity index (χ3n) is 6.32. The standard InChI is InChI=1S/C29H27N5OS/c1-21-7-12-26-27(17-21)36-28(32-26)23-8-10-25(11-9-23)31-19-24(18-30)29(35)34-15-13-33(14-16-34)20-22-5-3-2-4-6-22/h2-12,17,19,31H,13-16,20H2,1H3/b24-19-. The zero-order valence-electron chi connectivity index (χ0n) is 20.1. The molecule has 0 atom stereocenters. The van der Waals surface area contributed by atoms with Crippen LogP contribution in [0.25, 0.3) is 20.8 Å². The average Bonchev–Trinajstić information content (AvgIpc) is 3.33. The van der Waals surface area contributed by atoms with Crippen molar-refractivity contribution in [3.63, 3.8) is 0 Å². The first-order valence-electron chi connectivity index (χ1n) is 12.0. The summed E-state index contributed by atoms with van der Waals surface area (Å²) in [6.07, 6.45) is 1.51. The van der Waals surface area contributed by atoms with Gasteiger partial charge in [0.15, 0.2) is 0 Å². The molecule has 1 aliphatic rings. The zero-order chi connectivity index (χ0) is 24.9. The van der Waals surface area contributed by atoms with Gasteiger partial charge in [-0.2, -0.15) is 5.26 Å². The minimum atomic E-state index is -0.231. The Hall–Kier alpha value is -3.99. The molecule has 5 rings (SSSR count). The minimum absolute atomic E-state index is 0.108. The van der Waals surface area contributed by atoms with E-state index in [4.69, 9.17) is 4.98 Å². The van der Waals surface area contributed by atoms with Crippen molar-refractivity contribution >= 4 is 33.1 Å². The molecule has 36 heavy (non-hydrogen) atoms. The van der Waals surface area contributed by atoms with Gasteiger partial charge in [0.05, 0.1) is 10.2 Å². The third-order valence-corrected chi connectivity index (χ3v) is 7.39. The van der Waals surface area contributed by atoms with Crippen LogP contribution in [0.15, 0.2) is 84.6 Å². The molecule has 0 aliphatic carbocycles. The highest BCUT2D eigenvalue weighted by Gasteiger charge is 2.23. The molecule has 7 heteroatoms. The molecule has 1 saturated heterocycles. The molecule has 1 amide bonds. The Labute approximate surface area is 215 Å². The number of fused-ring (bicyclic) bond motifs is 1. The maximum atomic E-state index is 12.9. The Morgan fingerprint density at radius 3 is 2.53 bits per heavy atom. The van der Waals surface area contributed by atoms with Crippen LogP contribution in [0.3, 0.4) is 0 Å². The van der Waals surface area contributed by atoms with Gasteiger partial charge in [-0.3, -0.25) is 9.69 Å². The van der Waals surface area contributed by atoms with Crippen LogP contribution in [-0.2, 0) is 11.3 Å². The maximum absolute atomic E-state index is 12.9. The van der Waals surface area contributed by atoms with Crippen molar-refractivity contribution < 1.29 is 4.79 Å². The Morgan fingerprint density at radius 1 is 1.06 bits per heavy atom. The number of rotatable bonds is 6. The van der Waals surface area contributed by atoms with Gasteiger partial charge in [-0.15, -0.1) is 11.3 Å². The molecule has 1 fully saturated rings. The van der Waals surface area contributed by atoms with E-state index < -0.39 is 0 Å². The zero-order valence-corrected chi connectivity index (χ0v) is 21.0. The molecule has 0 radical (unpaired) electrons. The Balaban J connectivity index is 1.18. The number of nitriles is 1. The number of nitrogens with one attached hydrogen (secondary N) is 1. The first-order valence-corrected chi connectivity index (χ1v) is 12.8. The van der Waals surface area contributed by atoms with Crippen molar-refractivity contribution in [1.82, 2.24) is 14.8 Å². The predicted molar refractivity (Wildman–Crippen MR) is 145 cm³/mol. The molecule has 4 aromatic rings. The number of hydrogen-bond acceptors (Lipinski definition) is 6. The van der Waals surface area contributed by atoms with Crippen LogP contribution in [0, 0.1) is 18.3 Å². The summed E-state index contributed by atoms with van der Waals surface area (Å²) in [5.74, 6) is -0.231. The number of aryl methyl sites for hydroxylation is 1. The molecule has 0 bridgehead atoms. The highest BCUT2D eigenvalue weighted by atomic mass is 32.1. The molecule has 2 heterocycles. The monoisotopic (exact) mass is 493 g/mol. The molecule has 6 nitrogen and oxygen atoms in total. The summed E-state index contributed by atoms with van der Waals surface area (Å²) in [5.41, 5.74) is 5.45. The van der Waals surface area contributed by atoms with Crippen molar-refractivity contribution in [2.75, 3.05) is 31.5 Å². The normalized spacial score (nSPS) is 14.6. The van der Waals surface area contributed by atoms with E-state index in [1.807, 2.05) is 42.5 Å². The number of aromatic nitrogens is 1. The van der Waals surface area contributed by atoms with Gasteiger partial charge in [0, 0.05) is 50.2 Å². The SMILES string of the molecule is Cc1ccc2nc(-c3ccc(N/C=C(/C#N)C(=O)N4CCN(Cc5ccccc5)CC4)cc3)sc2c1. The summed E-state index contributed by atoms with van der Waals surface area (Å²) >= 11 is 1.67. The number of carbonyl (C=O) groups is 1. The van der Waals surface area contributed by atoms with Crippen LogP contribution in [0.5, 0.6) is 0 Å². The van der Waals surface area contributed by atoms with Gasteiger partial charge in [0.1, 0.15) is 16.6 Å². The van der Waals surface area contributed by atoms with Gasteiger partial charge in [-0.1, -0.05) is 36.4 Å². The molecule has 3 aromatic carbocycles. The van der Waals surface area contributed by atoms with Crippen LogP contribution < -0.4 is 5.32 Å². The summed E-state index contributed by atoms with van der Waals surface area (Å²) in [6, 6.07) is 26.5. The van der Waals surface area contributed by atoms with Crippen LogP contribution in [0.4, 0.5) is 5.69 Å². The number of anilines is 1. The summed E-state index contributed by atoms with van der Waals surface area (Å²) in [6.45, 7) is 5.76. The molecule has 1 aromatic heterocycles. The fourth-order valence-electron chi connectivity index (χ4n) is 4.28. The van der Waals surface area contributed by atoms with E-state index in [0.29, 0.717) is 13.1 Å². The second-order valence-corrected chi connectivity index (χ2v) is 9.97. The first kappa shape index (κ1) is 23.7. The van der Waals surface area contributed by atoms with Crippen molar-refractivity contribution in [3.05, 3.63) is 95.7 Å². The molecule has 0 saturated carbocycles. The Kier molecular flexibility index (Phi) is 7.08. The molecular weight excluding hydrogens is 466 g/mol. The summed E-state index contributed by atoms with van der Waals surface area (Å²) in [5, 5.41) is 13.7. The topological polar surface area (TPSA) is 72.3 Å². The van der Waals surface area contributed by atoms with Gasteiger partial charge in [-0.05, 0) is 54.4 Å². The summed E-state index contributed by atoms with van der Waals surface area (Å²) in [7, 11) is 0. The number of thiazole rings is 1. The van der Waals surface area contributed by atoms with Crippen LogP contribution in [0.1, 0.15) is 11.1 Å². The molecule has 0 spiro atoms. The fourth-order valence-corrected chi connectivity index (χ4v) is 5.35. The number of carbonyl (C=O) groups excluding carboxylic acids is 1. The second-order valence-electron chi connectivity index (χ2n) is 8.94. The number of benzene rings is 3. The van der Waals surface area contributed by atoms with Crippen LogP contribution in [-0.4, -0.2) is 46.9 Å². The highest BCUT2D eigenvalue weighted by molar-refractivity contribution is 7.21. The number of nitrogens with zero attached hydrogens (tertiary/aromatic N) is 4. The van der Waals surface area contributed by atoms with Crippen molar-refractivity contribution in [2.45, 2.75) is 13.5 Å². The summed E-state index contributed by atoms with van der Waals surface area (Å²) in [4.78, 5) is 21.8. The second kappa shape index (κ2) is 10.7. The lowest BCUT2D eigenvalue weighted by Crippen LogP contribution is -2.48. The Morgan fingerprint density at radius 2 is 1.81 bits per heavy atom. The molecule has 1 aliphatic heterocycles. The van der Waals surface area contributed by atoms with Gasteiger partial charge in [0.25, 0.3) is 5.91 Å². The van der Waals surface area contributed by atoms with Gasteiger partial charge in [-0.25, -0.2) is 4.98 Å². The van der Waals surface area contributed by atoms with Crippen molar-refractivity contribution in [1.29, 1.82) is 5.26 Å². The first-order chi connectivity index (χ1) is 17.6. The van der Waals surface area contributed by atoms with Crippen molar-refractivity contribution in [3.8, 4) is 16.6 Å². The van der Waals surface area contributed by atoms with Gasteiger partial charge < -0.3 is 10.2 Å². The van der Waals surface area contributed by atoms with Crippen LogP contribution in [0.2, 0.25) is 0 Å². The fraction of sp³-hybridized carbons (Fsp3) is 0.207.